The predicted molar refractivity (Wildman–Crippen MR) is 64.5 cm³/mol. The zero-order chi connectivity index (χ0) is 13.2. The first-order valence-electron chi connectivity index (χ1n) is 5.18. The molecular formula is C12H11NO4S. The standard InChI is InChI=1S/C12H11NO4S/c1-9-7-8-11(17-9)12(14)13-18(15,16)10-5-3-2-4-6-10/h2-8H,1H3,(H,13,14). The predicted octanol–water partition coefficient (Wildman–Crippen LogP) is 1.71. The number of carbonyl (C=O) groups is 1. The zero-order valence-electron chi connectivity index (χ0n) is 9.58. The van der Waals surface area contributed by atoms with Gasteiger partial charge >= 0.3 is 5.91 Å². The van der Waals surface area contributed by atoms with Crippen molar-refractivity contribution in [2.45, 2.75) is 11.8 Å². The number of amides is 1. The van der Waals surface area contributed by atoms with Gasteiger partial charge in [-0.1, -0.05) is 18.2 Å². The van der Waals surface area contributed by atoms with E-state index < -0.39 is 15.9 Å². The Balaban J connectivity index is 2.22. The summed E-state index contributed by atoms with van der Waals surface area (Å²) >= 11 is 0. The summed E-state index contributed by atoms with van der Waals surface area (Å²) in [5.41, 5.74) is 0. The first-order valence-corrected chi connectivity index (χ1v) is 6.66. The SMILES string of the molecule is Cc1ccc(C(=O)NS(=O)(=O)c2ccccc2)o1. The van der Waals surface area contributed by atoms with Gasteiger partial charge in [0.2, 0.25) is 0 Å². The van der Waals surface area contributed by atoms with E-state index in [1.54, 1.807) is 31.2 Å². The molecule has 0 atom stereocenters. The summed E-state index contributed by atoms with van der Waals surface area (Å²) in [5, 5.41) is 0. The second kappa shape index (κ2) is 4.66. The summed E-state index contributed by atoms with van der Waals surface area (Å²) in [6.07, 6.45) is 0. The number of nitrogens with one attached hydrogen (secondary N) is 1. The Morgan fingerprint density at radius 1 is 1.11 bits per heavy atom. The highest BCUT2D eigenvalue weighted by Crippen LogP contribution is 2.10. The van der Waals surface area contributed by atoms with Crippen LogP contribution in [0, 0.1) is 6.92 Å². The molecule has 1 aromatic carbocycles. The molecule has 0 saturated heterocycles. The van der Waals surface area contributed by atoms with Crippen LogP contribution in [0.4, 0.5) is 0 Å². The molecule has 6 heteroatoms. The molecule has 0 spiro atoms. The van der Waals surface area contributed by atoms with E-state index in [2.05, 4.69) is 0 Å². The van der Waals surface area contributed by atoms with E-state index in [0.717, 1.165) is 0 Å². The third-order valence-electron chi connectivity index (χ3n) is 2.24. The molecule has 5 nitrogen and oxygen atoms in total. The van der Waals surface area contributed by atoms with Gasteiger partial charge in [-0.2, -0.15) is 0 Å². The fourth-order valence-corrected chi connectivity index (χ4v) is 2.37. The smallest absolute Gasteiger partial charge is 0.300 e. The quantitative estimate of drug-likeness (QED) is 0.916. The van der Waals surface area contributed by atoms with E-state index in [4.69, 9.17) is 4.42 Å². The Labute approximate surface area is 104 Å². The fourth-order valence-electron chi connectivity index (χ4n) is 1.39. The Morgan fingerprint density at radius 2 is 1.78 bits per heavy atom. The molecule has 0 aliphatic heterocycles. The summed E-state index contributed by atoms with van der Waals surface area (Å²) in [7, 11) is -3.86. The van der Waals surface area contributed by atoms with E-state index in [9.17, 15) is 13.2 Å². The number of benzene rings is 1. The molecule has 0 aliphatic carbocycles. The Kier molecular flexibility index (Phi) is 3.20. The van der Waals surface area contributed by atoms with Gasteiger partial charge in [-0.25, -0.2) is 13.1 Å². The van der Waals surface area contributed by atoms with Gasteiger partial charge in [0, 0.05) is 0 Å². The molecule has 0 fully saturated rings. The van der Waals surface area contributed by atoms with Gasteiger partial charge in [0.25, 0.3) is 10.0 Å². The highest BCUT2D eigenvalue weighted by Gasteiger charge is 2.20. The minimum absolute atomic E-state index is 0.0293. The van der Waals surface area contributed by atoms with Gasteiger partial charge in [-0.05, 0) is 31.2 Å². The van der Waals surface area contributed by atoms with Crippen LogP contribution in [0.3, 0.4) is 0 Å². The van der Waals surface area contributed by atoms with Crippen LogP contribution in [0.5, 0.6) is 0 Å². The van der Waals surface area contributed by atoms with Gasteiger partial charge in [0.1, 0.15) is 5.76 Å². The number of rotatable bonds is 3. The normalized spacial score (nSPS) is 11.2. The maximum atomic E-state index is 11.8. The van der Waals surface area contributed by atoms with Crippen LogP contribution in [0.1, 0.15) is 16.3 Å². The maximum Gasteiger partial charge on any atom is 0.300 e. The number of aryl methyl sites for hydroxylation is 1. The van der Waals surface area contributed by atoms with E-state index in [1.807, 2.05) is 4.72 Å². The van der Waals surface area contributed by atoms with Crippen molar-refractivity contribution in [2.24, 2.45) is 0 Å². The maximum absolute atomic E-state index is 11.8. The topological polar surface area (TPSA) is 76.4 Å². The molecular weight excluding hydrogens is 254 g/mol. The summed E-state index contributed by atoms with van der Waals surface area (Å²) in [5.74, 6) is -0.281. The Morgan fingerprint density at radius 3 is 2.33 bits per heavy atom. The first kappa shape index (κ1) is 12.4. The summed E-state index contributed by atoms with van der Waals surface area (Å²) in [6.45, 7) is 1.67. The molecule has 2 aromatic rings. The average molecular weight is 265 g/mol. The van der Waals surface area contributed by atoms with Crippen molar-refractivity contribution in [3.63, 3.8) is 0 Å². The largest absolute Gasteiger partial charge is 0.456 e. The lowest BCUT2D eigenvalue weighted by molar-refractivity contribution is 0.0953. The van der Waals surface area contributed by atoms with Crippen LogP contribution in [-0.2, 0) is 10.0 Å². The minimum Gasteiger partial charge on any atom is -0.456 e. The van der Waals surface area contributed by atoms with Crippen LogP contribution in [0.2, 0.25) is 0 Å². The van der Waals surface area contributed by atoms with E-state index in [0.29, 0.717) is 5.76 Å². The van der Waals surface area contributed by atoms with Crippen molar-refractivity contribution >= 4 is 15.9 Å². The number of hydrogen-bond donors (Lipinski definition) is 1. The number of carbonyl (C=O) groups excluding carboxylic acids is 1. The molecule has 0 unspecified atom stereocenters. The van der Waals surface area contributed by atoms with Gasteiger partial charge in [-0.3, -0.25) is 4.79 Å². The number of furan rings is 1. The third-order valence-corrected chi connectivity index (χ3v) is 3.59. The van der Waals surface area contributed by atoms with E-state index in [1.165, 1.54) is 18.2 Å². The lowest BCUT2D eigenvalue weighted by atomic mass is 10.4. The minimum atomic E-state index is -3.86. The van der Waals surface area contributed by atoms with Crippen molar-refractivity contribution in [2.75, 3.05) is 0 Å². The van der Waals surface area contributed by atoms with Crippen molar-refractivity contribution in [3.8, 4) is 0 Å². The van der Waals surface area contributed by atoms with Crippen LogP contribution >= 0.6 is 0 Å². The van der Waals surface area contributed by atoms with Gasteiger partial charge in [-0.15, -0.1) is 0 Å². The van der Waals surface area contributed by atoms with Gasteiger partial charge in [0.05, 0.1) is 4.90 Å². The molecule has 94 valence electrons. The van der Waals surface area contributed by atoms with Crippen LogP contribution in [-0.4, -0.2) is 14.3 Å². The van der Waals surface area contributed by atoms with Crippen LogP contribution in [0.25, 0.3) is 0 Å². The Hall–Kier alpha value is -2.08. The highest BCUT2D eigenvalue weighted by atomic mass is 32.2. The monoisotopic (exact) mass is 265 g/mol. The van der Waals surface area contributed by atoms with E-state index in [-0.39, 0.29) is 10.7 Å². The highest BCUT2D eigenvalue weighted by molar-refractivity contribution is 7.90. The number of hydrogen-bond acceptors (Lipinski definition) is 4. The second-order valence-corrected chi connectivity index (χ2v) is 5.34. The lowest BCUT2D eigenvalue weighted by Crippen LogP contribution is -2.30. The molecule has 1 aromatic heterocycles. The molecule has 1 N–H and O–H groups in total. The Bertz CT molecular complexity index is 658. The van der Waals surface area contributed by atoms with Crippen molar-refractivity contribution < 1.29 is 17.6 Å². The third kappa shape index (κ3) is 2.60. The van der Waals surface area contributed by atoms with Crippen LogP contribution in [0.15, 0.2) is 51.8 Å². The molecule has 0 radical (unpaired) electrons. The summed E-state index contributed by atoms with van der Waals surface area (Å²) in [4.78, 5) is 11.7. The molecule has 2 rings (SSSR count). The average Bonchev–Trinajstić information content (AvgIpc) is 2.77. The van der Waals surface area contributed by atoms with Gasteiger partial charge in [0.15, 0.2) is 5.76 Å². The molecule has 0 bridgehead atoms. The summed E-state index contributed by atoms with van der Waals surface area (Å²) < 4.78 is 30.7. The lowest BCUT2D eigenvalue weighted by Gasteiger charge is -2.04. The molecule has 0 saturated carbocycles. The molecule has 0 aliphatic rings. The first-order chi connectivity index (χ1) is 8.49. The van der Waals surface area contributed by atoms with Crippen LogP contribution < -0.4 is 4.72 Å². The molecule has 18 heavy (non-hydrogen) atoms. The van der Waals surface area contributed by atoms with Crippen molar-refractivity contribution in [1.82, 2.24) is 4.72 Å². The second-order valence-electron chi connectivity index (χ2n) is 3.66. The fraction of sp³-hybridized carbons (Fsp3) is 0.0833. The number of sulfonamides is 1. The van der Waals surface area contributed by atoms with E-state index >= 15 is 0 Å². The van der Waals surface area contributed by atoms with Crippen molar-refractivity contribution in [1.29, 1.82) is 0 Å². The zero-order valence-corrected chi connectivity index (χ0v) is 10.4. The molecule has 1 heterocycles. The summed E-state index contributed by atoms with van der Waals surface area (Å²) in [6, 6.07) is 10.7. The van der Waals surface area contributed by atoms with Gasteiger partial charge < -0.3 is 4.42 Å². The molecule has 1 amide bonds. The van der Waals surface area contributed by atoms with Crippen molar-refractivity contribution in [3.05, 3.63) is 54.0 Å².